The second kappa shape index (κ2) is 8.18. The number of phenols is 1. The zero-order valence-corrected chi connectivity index (χ0v) is 18.3. The number of thioether (sulfide) groups is 1. The molecule has 2 aromatic carbocycles. The largest absolute Gasteiger partial charge is 0.508 e. The Morgan fingerprint density at radius 2 is 1.82 bits per heavy atom. The Kier molecular flexibility index (Phi) is 5.18. The van der Waals surface area contributed by atoms with Gasteiger partial charge in [0.25, 0.3) is 11.8 Å². The van der Waals surface area contributed by atoms with Crippen molar-refractivity contribution < 1.29 is 14.7 Å². The molecule has 0 unspecified atom stereocenters. The molecule has 0 radical (unpaired) electrons. The van der Waals surface area contributed by atoms with Crippen LogP contribution in [0.5, 0.6) is 5.75 Å². The standard InChI is InChI=1S/C24H21N5O3S/c25-24(26)33-9-3-8-29-12-17(15-7-6-13(30)10-19(15)29)21-20(22(31)28-23(21)32)16-11-27-18-5-2-1-4-14(16)18/h1-2,4-7,10-12,27,30H,3,8-9H2,(H3,25,26)(H,28,31,32). The van der Waals surface area contributed by atoms with E-state index in [4.69, 9.17) is 11.1 Å². The van der Waals surface area contributed by atoms with Crippen LogP contribution in [0.2, 0.25) is 0 Å². The monoisotopic (exact) mass is 459 g/mol. The summed E-state index contributed by atoms with van der Waals surface area (Å²) in [6.07, 6.45) is 4.34. The molecule has 8 nitrogen and oxygen atoms in total. The van der Waals surface area contributed by atoms with Gasteiger partial charge in [0, 0.05) is 58.2 Å². The van der Waals surface area contributed by atoms with E-state index in [1.165, 1.54) is 11.8 Å². The van der Waals surface area contributed by atoms with Crippen LogP contribution in [0.15, 0.2) is 54.9 Å². The number of carbonyl (C=O) groups excluding carboxylic acids is 2. The molecule has 4 aromatic rings. The number of nitrogens with zero attached hydrogens (tertiary/aromatic N) is 1. The Bertz CT molecular complexity index is 1480. The Balaban J connectivity index is 1.67. The van der Waals surface area contributed by atoms with Crippen LogP contribution in [0.1, 0.15) is 17.5 Å². The number of aromatic nitrogens is 2. The summed E-state index contributed by atoms with van der Waals surface area (Å²) in [5.74, 6) is -0.0908. The van der Waals surface area contributed by atoms with Gasteiger partial charge in [-0.2, -0.15) is 0 Å². The van der Waals surface area contributed by atoms with Crippen LogP contribution in [0, 0.1) is 5.41 Å². The summed E-state index contributed by atoms with van der Waals surface area (Å²) in [6, 6.07) is 12.6. The number of carbonyl (C=O) groups is 2. The van der Waals surface area contributed by atoms with Crippen LogP contribution in [0.3, 0.4) is 0 Å². The third-order valence-electron chi connectivity index (χ3n) is 5.73. The summed E-state index contributed by atoms with van der Waals surface area (Å²) in [5.41, 5.74) is 9.00. The molecule has 1 aliphatic heterocycles. The van der Waals surface area contributed by atoms with Crippen molar-refractivity contribution >= 4 is 61.7 Å². The number of aryl methyl sites for hydroxylation is 1. The van der Waals surface area contributed by atoms with E-state index in [0.29, 0.717) is 34.6 Å². The number of nitrogens with one attached hydrogen (secondary N) is 3. The number of aromatic amines is 1. The molecule has 2 aromatic heterocycles. The van der Waals surface area contributed by atoms with Crippen LogP contribution in [-0.2, 0) is 16.1 Å². The molecule has 9 heteroatoms. The molecule has 166 valence electrons. The summed E-state index contributed by atoms with van der Waals surface area (Å²) in [5, 5.41) is 21.6. The molecule has 0 saturated carbocycles. The van der Waals surface area contributed by atoms with Gasteiger partial charge in [-0.25, -0.2) is 0 Å². The van der Waals surface area contributed by atoms with E-state index >= 15 is 0 Å². The highest BCUT2D eigenvalue weighted by Gasteiger charge is 2.35. The number of amides is 2. The van der Waals surface area contributed by atoms with Crippen molar-refractivity contribution in [2.75, 3.05) is 5.75 Å². The molecule has 0 atom stereocenters. The number of H-pyrrole nitrogens is 1. The van der Waals surface area contributed by atoms with E-state index in [1.54, 1.807) is 24.4 Å². The highest BCUT2D eigenvalue weighted by Crippen LogP contribution is 2.39. The minimum absolute atomic E-state index is 0.0698. The quantitative estimate of drug-likeness (QED) is 0.130. The highest BCUT2D eigenvalue weighted by atomic mass is 32.2. The first-order valence-corrected chi connectivity index (χ1v) is 11.4. The number of amidine groups is 1. The Morgan fingerprint density at radius 3 is 2.61 bits per heavy atom. The zero-order chi connectivity index (χ0) is 23.1. The van der Waals surface area contributed by atoms with Gasteiger partial charge in [-0.3, -0.25) is 20.3 Å². The summed E-state index contributed by atoms with van der Waals surface area (Å²) < 4.78 is 1.96. The molecule has 3 heterocycles. The molecule has 1 aliphatic rings. The Morgan fingerprint density at radius 1 is 1.06 bits per heavy atom. The first-order valence-electron chi connectivity index (χ1n) is 10.4. The molecule has 0 saturated heterocycles. The number of phenolic OH excluding ortho intramolecular Hbond substituents is 1. The number of nitrogens with two attached hydrogens (primary N) is 1. The fourth-order valence-corrected chi connectivity index (χ4v) is 4.82. The maximum atomic E-state index is 13.0. The summed E-state index contributed by atoms with van der Waals surface area (Å²) in [4.78, 5) is 29.1. The number of hydrogen-bond donors (Lipinski definition) is 5. The number of imide groups is 1. The first-order chi connectivity index (χ1) is 15.9. The van der Waals surface area contributed by atoms with E-state index in [1.807, 2.05) is 35.0 Å². The lowest BCUT2D eigenvalue weighted by Crippen LogP contribution is -2.22. The number of aromatic hydroxyl groups is 1. The second-order valence-corrected chi connectivity index (χ2v) is 8.92. The summed E-state index contributed by atoms with van der Waals surface area (Å²) in [6.45, 7) is 0.603. The number of fused-ring (bicyclic) bond motifs is 2. The molecular weight excluding hydrogens is 438 g/mol. The van der Waals surface area contributed by atoms with Gasteiger partial charge in [0.15, 0.2) is 5.17 Å². The third-order valence-corrected chi connectivity index (χ3v) is 6.53. The van der Waals surface area contributed by atoms with E-state index < -0.39 is 11.8 Å². The zero-order valence-electron chi connectivity index (χ0n) is 17.5. The summed E-state index contributed by atoms with van der Waals surface area (Å²) in [7, 11) is 0. The molecule has 0 bridgehead atoms. The van der Waals surface area contributed by atoms with E-state index in [2.05, 4.69) is 10.3 Å². The smallest absolute Gasteiger partial charge is 0.259 e. The van der Waals surface area contributed by atoms with Crippen molar-refractivity contribution in [1.82, 2.24) is 14.9 Å². The van der Waals surface area contributed by atoms with Crippen molar-refractivity contribution in [3.05, 3.63) is 66.0 Å². The highest BCUT2D eigenvalue weighted by molar-refractivity contribution is 8.13. The van der Waals surface area contributed by atoms with Gasteiger partial charge in [0.2, 0.25) is 0 Å². The van der Waals surface area contributed by atoms with Gasteiger partial charge >= 0.3 is 0 Å². The molecule has 6 N–H and O–H groups in total. The summed E-state index contributed by atoms with van der Waals surface area (Å²) >= 11 is 1.27. The average Bonchev–Trinajstić information content (AvgIpc) is 3.44. The molecule has 0 spiro atoms. The predicted molar refractivity (Wildman–Crippen MR) is 131 cm³/mol. The van der Waals surface area contributed by atoms with Gasteiger partial charge in [-0.15, -0.1) is 0 Å². The van der Waals surface area contributed by atoms with Crippen LogP contribution < -0.4 is 11.1 Å². The SMILES string of the molecule is N=C(N)SCCCn1cc(C2=C(c3c[nH]c4ccccc34)C(=O)NC2=O)c2ccc(O)cc21. The van der Waals surface area contributed by atoms with Crippen molar-refractivity contribution in [3.63, 3.8) is 0 Å². The number of rotatable bonds is 6. The van der Waals surface area contributed by atoms with E-state index in [-0.39, 0.29) is 10.9 Å². The van der Waals surface area contributed by atoms with Gasteiger partial charge in [0.1, 0.15) is 5.75 Å². The van der Waals surface area contributed by atoms with Crippen LogP contribution in [0.4, 0.5) is 0 Å². The maximum absolute atomic E-state index is 13.0. The lowest BCUT2D eigenvalue weighted by Gasteiger charge is -2.05. The van der Waals surface area contributed by atoms with Gasteiger partial charge in [0.05, 0.1) is 16.7 Å². The van der Waals surface area contributed by atoms with Crippen LogP contribution in [-0.4, -0.2) is 37.4 Å². The molecular formula is C24H21N5O3S. The van der Waals surface area contributed by atoms with Crippen molar-refractivity contribution in [2.45, 2.75) is 13.0 Å². The third kappa shape index (κ3) is 3.66. The minimum atomic E-state index is -0.445. The van der Waals surface area contributed by atoms with Crippen LogP contribution in [0.25, 0.3) is 33.0 Å². The molecule has 0 aliphatic carbocycles. The Hall–Kier alpha value is -3.98. The number of para-hydroxylation sites is 1. The van der Waals surface area contributed by atoms with E-state index in [0.717, 1.165) is 28.2 Å². The number of benzene rings is 2. The average molecular weight is 460 g/mol. The first kappa shape index (κ1) is 20.9. The normalized spacial score (nSPS) is 13.9. The van der Waals surface area contributed by atoms with Gasteiger partial charge in [-0.05, 0) is 24.6 Å². The molecule has 0 fully saturated rings. The van der Waals surface area contributed by atoms with Crippen molar-refractivity contribution in [3.8, 4) is 5.75 Å². The van der Waals surface area contributed by atoms with E-state index in [9.17, 15) is 14.7 Å². The molecule has 33 heavy (non-hydrogen) atoms. The second-order valence-electron chi connectivity index (χ2n) is 7.79. The van der Waals surface area contributed by atoms with Crippen LogP contribution >= 0.6 is 11.8 Å². The molecule has 5 rings (SSSR count). The minimum Gasteiger partial charge on any atom is -0.508 e. The lowest BCUT2D eigenvalue weighted by molar-refractivity contribution is -0.122. The Labute approximate surface area is 193 Å². The predicted octanol–water partition coefficient (Wildman–Crippen LogP) is 3.41. The maximum Gasteiger partial charge on any atom is 0.259 e. The van der Waals surface area contributed by atoms with Gasteiger partial charge < -0.3 is 20.4 Å². The molecule has 2 amide bonds. The van der Waals surface area contributed by atoms with Crippen molar-refractivity contribution in [2.24, 2.45) is 5.73 Å². The van der Waals surface area contributed by atoms with Crippen molar-refractivity contribution in [1.29, 1.82) is 5.41 Å². The lowest BCUT2D eigenvalue weighted by atomic mass is 9.95. The number of hydrogen-bond acceptors (Lipinski definition) is 5. The fraction of sp³-hybridized carbons (Fsp3) is 0.125. The van der Waals surface area contributed by atoms with Gasteiger partial charge in [-0.1, -0.05) is 30.0 Å². The fourth-order valence-electron chi connectivity index (χ4n) is 4.33. The topological polar surface area (TPSA) is 137 Å².